The number of carbonyl (C=O) groups is 2. The zero-order chi connectivity index (χ0) is 16.7. The predicted octanol–water partition coefficient (Wildman–Crippen LogP) is 2.15. The van der Waals surface area contributed by atoms with E-state index in [1.807, 2.05) is 0 Å². The first-order chi connectivity index (χ1) is 10.3. The van der Waals surface area contributed by atoms with Crippen LogP contribution in [0.15, 0.2) is 22.9 Å². The van der Waals surface area contributed by atoms with Crippen LogP contribution in [-0.2, 0) is 20.7 Å². The molecular formula is C13H15ClNO6P. The number of carboxylic acids is 1. The third-order valence-electron chi connectivity index (χ3n) is 2.68. The highest BCUT2D eigenvalue weighted by molar-refractivity contribution is 7.34. The maximum absolute atomic E-state index is 11.7. The lowest BCUT2D eigenvalue weighted by molar-refractivity contribution is -0.169. The largest absolute Gasteiger partial charge is 0.575 e. The molecule has 7 nitrogen and oxygen atoms in total. The fourth-order valence-electron chi connectivity index (χ4n) is 1.49. The molecule has 1 rings (SSSR count). The van der Waals surface area contributed by atoms with Crippen molar-refractivity contribution < 1.29 is 28.8 Å². The van der Waals surface area contributed by atoms with E-state index in [1.54, 1.807) is 12.1 Å². The number of hydrogen-bond donors (Lipinski definition) is 1. The van der Waals surface area contributed by atoms with Crippen molar-refractivity contribution >= 4 is 31.7 Å². The van der Waals surface area contributed by atoms with Gasteiger partial charge in [0.2, 0.25) is 0 Å². The molecule has 0 aliphatic rings. The summed E-state index contributed by atoms with van der Waals surface area (Å²) < 4.78 is 13.2. The Morgan fingerprint density at radius 2 is 2.18 bits per heavy atom. The quantitative estimate of drug-likeness (QED) is 0.598. The summed E-state index contributed by atoms with van der Waals surface area (Å²) in [7, 11) is -1.29. The van der Waals surface area contributed by atoms with Crippen molar-refractivity contribution in [1.82, 2.24) is 0 Å². The molecule has 0 amide bonds. The maximum atomic E-state index is 11.7. The molecule has 2 atom stereocenters. The average molecular weight is 348 g/mol. The van der Waals surface area contributed by atoms with Crippen molar-refractivity contribution in [2.24, 2.45) is 4.74 Å². The molecule has 120 valence electrons. The molecule has 1 N–H and O–H groups in total. The standard InChI is InChI=1S/C13H15ClNO6P/c1-8(13(17)18)15-22(19)21-11-5-3-4-10(14)9(11)6-7-12(16)20-2/h3-5,8H,6-7H2,1-2H3,(H,17,18). The Bertz CT molecular complexity index is 592. The van der Waals surface area contributed by atoms with Gasteiger partial charge >= 0.3 is 20.1 Å². The van der Waals surface area contributed by atoms with Crippen molar-refractivity contribution in [3.63, 3.8) is 0 Å². The van der Waals surface area contributed by atoms with Gasteiger partial charge in [0.15, 0.2) is 11.8 Å². The summed E-state index contributed by atoms with van der Waals surface area (Å²) in [5.41, 5.74) is 0.482. The lowest BCUT2D eigenvalue weighted by atomic mass is 10.1. The van der Waals surface area contributed by atoms with Gasteiger partial charge in [-0.25, -0.2) is 4.79 Å². The fraction of sp³-hybridized carbons (Fsp3) is 0.385. The lowest BCUT2D eigenvalue weighted by Crippen LogP contribution is -2.13. The first-order valence-electron chi connectivity index (χ1n) is 6.28. The van der Waals surface area contributed by atoms with Gasteiger partial charge in [0, 0.05) is 17.0 Å². The van der Waals surface area contributed by atoms with Gasteiger partial charge in [0.1, 0.15) is 0 Å². The number of halogens is 1. The van der Waals surface area contributed by atoms with Crippen LogP contribution in [0, 0.1) is 0 Å². The van der Waals surface area contributed by atoms with Gasteiger partial charge < -0.3 is 14.7 Å². The van der Waals surface area contributed by atoms with Crippen LogP contribution in [0.2, 0.25) is 5.02 Å². The second-order valence-electron chi connectivity index (χ2n) is 4.25. The van der Waals surface area contributed by atoms with Crippen molar-refractivity contribution in [3.05, 3.63) is 28.8 Å². The minimum Gasteiger partial charge on any atom is -0.575 e. The molecule has 1 aromatic carbocycles. The number of aliphatic carboxylic acids is 1. The highest BCUT2D eigenvalue weighted by Crippen LogP contribution is 2.33. The lowest BCUT2D eigenvalue weighted by Gasteiger charge is -2.08. The second kappa shape index (κ2) is 8.68. The predicted molar refractivity (Wildman–Crippen MR) is 78.9 cm³/mol. The summed E-state index contributed by atoms with van der Waals surface area (Å²) >= 11 is 6.04. The van der Waals surface area contributed by atoms with E-state index < -0.39 is 26.1 Å². The van der Waals surface area contributed by atoms with Gasteiger partial charge in [-0.2, -0.15) is 0 Å². The van der Waals surface area contributed by atoms with E-state index in [2.05, 4.69) is 9.48 Å². The van der Waals surface area contributed by atoms with Crippen LogP contribution in [0.25, 0.3) is 0 Å². The molecule has 0 saturated carbocycles. The first kappa shape index (κ1) is 18.4. The molecule has 0 fully saturated rings. The van der Waals surface area contributed by atoms with E-state index >= 15 is 0 Å². The number of esters is 1. The van der Waals surface area contributed by atoms with Gasteiger partial charge in [-0.3, -0.25) is 9.32 Å². The maximum Gasteiger partial charge on any atom is 0.395 e. The number of carbonyl (C=O) groups excluding carboxylic acids is 1. The summed E-state index contributed by atoms with van der Waals surface area (Å²) in [5, 5.41) is 9.06. The third-order valence-corrected chi connectivity index (χ3v) is 3.93. The SMILES string of the molecule is COC(=O)CCc1c(Cl)cccc1O/[P+]([O-])=N/C(C)C(=O)O. The smallest absolute Gasteiger partial charge is 0.395 e. The van der Waals surface area contributed by atoms with Gasteiger partial charge in [-0.05, 0) is 25.5 Å². The zero-order valence-electron chi connectivity index (χ0n) is 12.0. The normalized spacial score (nSPS) is 12.6. The third kappa shape index (κ3) is 5.60. The number of ether oxygens (including phenoxy) is 1. The summed E-state index contributed by atoms with van der Waals surface area (Å²) in [4.78, 5) is 33.6. The summed E-state index contributed by atoms with van der Waals surface area (Å²) in [6, 6.07) is 3.56. The molecule has 9 heteroatoms. The number of rotatable bonds is 7. The minimum atomic E-state index is -2.57. The number of carboxylic acid groups (broad SMARTS) is 1. The van der Waals surface area contributed by atoms with E-state index in [4.69, 9.17) is 21.2 Å². The Labute approximate surface area is 133 Å². The van der Waals surface area contributed by atoms with Crippen LogP contribution in [0.5, 0.6) is 5.75 Å². The van der Waals surface area contributed by atoms with Gasteiger partial charge in [-0.1, -0.05) is 22.4 Å². The van der Waals surface area contributed by atoms with Crippen LogP contribution in [0.4, 0.5) is 0 Å². The Hall–Kier alpha value is -1.69. The van der Waals surface area contributed by atoms with Crippen molar-refractivity contribution in [1.29, 1.82) is 0 Å². The summed E-state index contributed by atoms with van der Waals surface area (Å²) in [6.45, 7) is 1.29. The van der Waals surface area contributed by atoms with Crippen LogP contribution in [-0.4, -0.2) is 30.2 Å². The second-order valence-corrected chi connectivity index (χ2v) is 5.55. The van der Waals surface area contributed by atoms with Gasteiger partial charge in [0.05, 0.1) is 7.11 Å². The monoisotopic (exact) mass is 347 g/mol. The summed E-state index contributed by atoms with van der Waals surface area (Å²) in [6.07, 6.45) is 0.315. The number of benzene rings is 1. The molecule has 0 aliphatic carbocycles. The van der Waals surface area contributed by atoms with E-state index in [9.17, 15) is 14.5 Å². The highest BCUT2D eigenvalue weighted by Gasteiger charge is 2.18. The minimum absolute atomic E-state index is 0.0794. The molecule has 0 aliphatic heterocycles. The molecule has 0 spiro atoms. The number of hydrogen-bond acceptors (Lipinski definition) is 6. The molecule has 0 heterocycles. The van der Waals surface area contributed by atoms with E-state index in [0.717, 1.165) is 0 Å². The van der Waals surface area contributed by atoms with Gasteiger partial charge in [-0.15, -0.1) is 0 Å². The van der Waals surface area contributed by atoms with Crippen molar-refractivity contribution in [2.45, 2.75) is 25.8 Å². The Morgan fingerprint density at radius 1 is 1.50 bits per heavy atom. The van der Waals surface area contributed by atoms with Crippen LogP contribution in [0.1, 0.15) is 18.9 Å². The molecule has 22 heavy (non-hydrogen) atoms. The molecule has 0 aromatic heterocycles. The molecular weight excluding hydrogens is 333 g/mol. The van der Waals surface area contributed by atoms with Crippen LogP contribution >= 0.6 is 19.8 Å². The van der Waals surface area contributed by atoms with Crippen molar-refractivity contribution in [2.75, 3.05) is 7.11 Å². The number of methoxy groups -OCH3 is 1. The molecule has 2 unspecified atom stereocenters. The zero-order valence-corrected chi connectivity index (χ0v) is 13.6. The topological polar surface area (TPSA) is 108 Å². The van der Waals surface area contributed by atoms with Crippen LogP contribution in [0.3, 0.4) is 0 Å². The Morgan fingerprint density at radius 3 is 2.77 bits per heavy atom. The van der Waals surface area contributed by atoms with E-state index in [1.165, 1.54) is 20.1 Å². The number of nitrogens with zero attached hydrogens (tertiary/aromatic N) is 1. The first-order valence-corrected chi connectivity index (χ1v) is 7.79. The van der Waals surface area contributed by atoms with Gasteiger partial charge in [0.25, 0.3) is 0 Å². The molecule has 1 aromatic rings. The van der Waals surface area contributed by atoms with E-state index in [0.29, 0.717) is 10.6 Å². The molecule has 0 radical (unpaired) electrons. The Balaban J connectivity index is 2.92. The highest BCUT2D eigenvalue weighted by atomic mass is 35.5. The van der Waals surface area contributed by atoms with Crippen LogP contribution < -0.4 is 9.42 Å². The Kier molecular flexibility index (Phi) is 7.24. The van der Waals surface area contributed by atoms with E-state index in [-0.39, 0.29) is 18.6 Å². The average Bonchev–Trinajstić information content (AvgIpc) is 2.45. The van der Waals surface area contributed by atoms with Crippen molar-refractivity contribution in [3.8, 4) is 5.75 Å². The molecule has 0 bridgehead atoms. The fourth-order valence-corrected chi connectivity index (χ4v) is 2.52. The molecule has 0 saturated heterocycles. The summed E-state index contributed by atoms with van der Waals surface area (Å²) in [5.74, 6) is -1.43.